The highest BCUT2D eigenvalue weighted by Crippen LogP contribution is 2.62. The maximum Gasteiger partial charge on any atom is 0.332 e. The van der Waals surface area contributed by atoms with Gasteiger partial charge in [-0.3, -0.25) is 8.98 Å². The smallest absolute Gasteiger partial charge is 0.332 e. The maximum absolute atomic E-state index is 12.1. The monoisotopic (exact) mass is 420 g/mol. The van der Waals surface area contributed by atoms with E-state index in [0.29, 0.717) is 18.6 Å². The molecule has 1 aliphatic heterocycles. The van der Waals surface area contributed by atoms with Crippen molar-refractivity contribution in [2.24, 2.45) is 16.7 Å². The van der Waals surface area contributed by atoms with E-state index < -0.39 is 33.5 Å². The number of hydrogen-bond donors (Lipinski definition) is 0. The van der Waals surface area contributed by atoms with Gasteiger partial charge in [0.2, 0.25) is 0 Å². The van der Waals surface area contributed by atoms with Crippen molar-refractivity contribution in [3.8, 4) is 0 Å². The zero-order valence-electron chi connectivity index (χ0n) is 16.2. The third kappa shape index (κ3) is 3.93. The molecule has 0 spiro atoms. The van der Waals surface area contributed by atoms with Crippen molar-refractivity contribution in [1.29, 1.82) is 0 Å². The van der Waals surface area contributed by atoms with Crippen LogP contribution in [-0.4, -0.2) is 55.9 Å². The molecule has 5 unspecified atom stereocenters. The number of carbonyl (C=O) groups excluding carboxylic acids is 2. The summed E-state index contributed by atoms with van der Waals surface area (Å²) in [4.78, 5) is 24.1. The van der Waals surface area contributed by atoms with Crippen LogP contribution in [-0.2, 0) is 33.4 Å². The van der Waals surface area contributed by atoms with Crippen molar-refractivity contribution in [2.75, 3.05) is 19.0 Å². The van der Waals surface area contributed by atoms with Gasteiger partial charge in [0.15, 0.2) is 5.12 Å². The normalized spacial score (nSPS) is 36.1. The number of carbonyl (C=O) groups is 2. The predicted molar refractivity (Wildman–Crippen MR) is 101 cm³/mol. The molecule has 154 valence electrons. The standard InChI is InChI=1S/C18H28O7S2/c1-5-17(2,3)16(20)26-7-6-23-10-13(19)24-15-14-11-8-18(15,4)9-12(11)27(21,22)25-14/h11-12,14-15H,5-10H2,1-4H3. The summed E-state index contributed by atoms with van der Waals surface area (Å²) in [6, 6.07) is 0. The molecule has 0 N–H and O–H groups in total. The lowest BCUT2D eigenvalue weighted by molar-refractivity contribution is -0.165. The summed E-state index contributed by atoms with van der Waals surface area (Å²) in [5.74, 6) is -0.128. The third-order valence-electron chi connectivity index (χ3n) is 6.25. The first-order valence-electron chi connectivity index (χ1n) is 9.37. The molecule has 2 bridgehead atoms. The highest BCUT2D eigenvalue weighted by Gasteiger charge is 2.70. The molecule has 3 aliphatic rings. The van der Waals surface area contributed by atoms with Crippen molar-refractivity contribution >= 4 is 33.0 Å². The minimum Gasteiger partial charge on any atom is -0.457 e. The number of thioether (sulfide) groups is 1. The lowest BCUT2D eigenvalue weighted by Gasteiger charge is -2.32. The molecule has 7 nitrogen and oxygen atoms in total. The molecule has 0 aromatic rings. The van der Waals surface area contributed by atoms with Gasteiger partial charge in [0.05, 0.1) is 11.9 Å². The first-order valence-corrected chi connectivity index (χ1v) is 11.8. The minimum atomic E-state index is -3.54. The summed E-state index contributed by atoms with van der Waals surface area (Å²) in [6.45, 7) is 7.81. The second kappa shape index (κ2) is 7.31. The van der Waals surface area contributed by atoms with E-state index in [4.69, 9.17) is 13.7 Å². The number of esters is 1. The zero-order valence-corrected chi connectivity index (χ0v) is 17.9. The topological polar surface area (TPSA) is 96.0 Å². The Hall–Kier alpha value is -0.640. The van der Waals surface area contributed by atoms with Crippen LogP contribution in [0.2, 0.25) is 0 Å². The highest BCUT2D eigenvalue weighted by molar-refractivity contribution is 8.13. The van der Waals surface area contributed by atoms with Crippen LogP contribution in [0.1, 0.15) is 47.0 Å². The fourth-order valence-electron chi connectivity index (χ4n) is 4.28. The summed E-state index contributed by atoms with van der Waals surface area (Å²) in [6.07, 6.45) is 0.834. The van der Waals surface area contributed by atoms with Crippen molar-refractivity contribution in [2.45, 2.75) is 64.4 Å². The first-order chi connectivity index (χ1) is 12.5. The summed E-state index contributed by atoms with van der Waals surface area (Å²) >= 11 is 1.21. The number of rotatable bonds is 8. The summed E-state index contributed by atoms with van der Waals surface area (Å²) in [7, 11) is -3.54. The molecule has 2 saturated carbocycles. The lowest BCUT2D eigenvalue weighted by Crippen LogP contribution is -2.42. The van der Waals surface area contributed by atoms with Gasteiger partial charge in [-0.15, -0.1) is 0 Å². The van der Waals surface area contributed by atoms with Gasteiger partial charge in [0.25, 0.3) is 10.1 Å². The average Bonchev–Trinajstić information content (AvgIpc) is 3.13. The van der Waals surface area contributed by atoms with Gasteiger partial charge in [-0.1, -0.05) is 39.5 Å². The molecule has 0 aromatic heterocycles. The van der Waals surface area contributed by atoms with E-state index in [2.05, 4.69) is 0 Å². The van der Waals surface area contributed by atoms with Gasteiger partial charge in [-0.05, 0) is 19.3 Å². The van der Waals surface area contributed by atoms with E-state index in [9.17, 15) is 18.0 Å². The Bertz CT molecular complexity index is 717. The van der Waals surface area contributed by atoms with Crippen molar-refractivity contribution in [3.63, 3.8) is 0 Å². The van der Waals surface area contributed by atoms with E-state index in [0.717, 1.165) is 6.42 Å². The molecule has 2 aliphatic carbocycles. The Kier molecular flexibility index (Phi) is 5.71. The van der Waals surface area contributed by atoms with Gasteiger partial charge in [0, 0.05) is 22.5 Å². The van der Waals surface area contributed by atoms with E-state index in [1.54, 1.807) is 0 Å². The Morgan fingerprint density at radius 3 is 2.67 bits per heavy atom. The summed E-state index contributed by atoms with van der Waals surface area (Å²) in [5, 5.41) is -0.346. The van der Waals surface area contributed by atoms with Crippen LogP contribution in [0.25, 0.3) is 0 Å². The van der Waals surface area contributed by atoms with Crippen molar-refractivity contribution < 1.29 is 31.7 Å². The Balaban J connectivity index is 1.42. The minimum absolute atomic E-state index is 0.0805. The maximum atomic E-state index is 12.1. The van der Waals surface area contributed by atoms with Gasteiger partial charge in [-0.2, -0.15) is 8.42 Å². The summed E-state index contributed by atoms with van der Waals surface area (Å²) < 4.78 is 40.2. The highest BCUT2D eigenvalue weighted by atomic mass is 32.2. The Labute approximate surface area is 165 Å². The molecular formula is C18H28O7S2. The predicted octanol–water partition coefficient (Wildman–Crippen LogP) is 2.14. The van der Waals surface area contributed by atoms with Gasteiger partial charge in [-0.25, -0.2) is 4.79 Å². The molecule has 9 heteroatoms. The van der Waals surface area contributed by atoms with Crippen LogP contribution < -0.4 is 0 Å². The average molecular weight is 421 g/mol. The molecule has 27 heavy (non-hydrogen) atoms. The molecule has 3 fully saturated rings. The Morgan fingerprint density at radius 1 is 1.30 bits per heavy atom. The molecule has 1 saturated heterocycles. The third-order valence-corrected chi connectivity index (χ3v) is 9.18. The molecule has 3 rings (SSSR count). The number of ether oxygens (including phenoxy) is 2. The van der Waals surface area contributed by atoms with Crippen molar-refractivity contribution in [1.82, 2.24) is 0 Å². The van der Waals surface area contributed by atoms with Crippen LogP contribution in [0.4, 0.5) is 0 Å². The molecular weight excluding hydrogens is 392 g/mol. The summed E-state index contributed by atoms with van der Waals surface area (Å²) in [5.41, 5.74) is -0.715. The Morgan fingerprint density at radius 2 is 2.00 bits per heavy atom. The molecule has 0 radical (unpaired) electrons. The number of hydrogen-bond acceptors (Lipinski definition) is 8. The van der Waals surface area contributed by atoms with Crippen LogP contribution in [0.5, 0.6) is 0 Å². The largest absolute Gasteiger partial charge is 0.457 e. The van der Waals surface area contributed by atoms with E-state index in [-0.39, 0.29) is 35.1 Å². The quantitative estimate of drug-likeness (QED) is 0.335. The van der Waals surface area contributed by atoms with Gasteiger partial charge in [0.1, 0.15) is 18.8 Å². The molecule has 0 aromatic carbocycles. The second-order valence-corrected chi connectivity index (χ2v) is 11.5. The van der Waals surface area contributed by atoms with Crippen LogP contribution in [0.3, 0.4) is 0 Å². The molecule has 5 atom stereocenters. The van der Waals surface area contributed by atoms with Crippen LogP contribution in [0.15, 0.2) is 0 Å². The van der Waals surface area contributed by atoms with Gasteiger partial charge < -0.3 is 9.47 Å². The second-order valence-electron chi connectivity index (χ2n) is 8.65. The van der Waals surface area contributed by atoms with E-state index >= 15 is 0 Å². The zero-order chi connectivity index (χ0) is 20.0. The van der Waals surface area contributed by atoms with E-state index in [1.807, 2.05) is 27.7 Å². The SMILES string of the molecule is CCC(C)(C)C(=O)SCCOCC(=O)OC1C2OS(=O)(=O)C3CC1(C)CC23. The van der Waals surface area contributed by atoms with Gasteiger partial charge >= 0.3 is 5.97 Å². The van der Waals surface area contributed by atoms with Crippen molar-refractivity contribution in [3.05, 3.63) is 0 Å². The lowest BCUT2D eigenvalue weighted by atomic mass is 9.82. The van der Waals surface area contributed by atoms with Crippen LogP contribution >= 0.6 is 11.8 Å². The number of fused-ring (bicyclic) bond motifs is 1. The fraction of sp³-hybridized carbons (Fsp3) is 0.889. The molecule has 0 amide bonds. The molecule has 1 heterocycles. The fourth-order valence-corrected chi connectivity index (χ4v) is 7.16. The van der Waals surface area contributed by atoms with E-state index in [1.165, 1.54) is 11.8 Å². The van der Waals surface area contributed by atoms with Crippen LogP contribution in [0, 0.1) is 16.7 Å². The first kappa shape index (κ1) is 21.1.